The molecule has 1 heterocycles. The first-order valence-electron chi connectivity index (χ1n) is 11.4. The van der Waals surface area contributed by atoms with E-state index in [-0.39, 0.29) is 42.9 Å². The van der Waals surface area contributed by atoms with Crippen molar-refractivity contribution in [2.24, 2.45) is 4.99 Å². The molecule has 33 heavy (non-hydrogen) atoms. The normalized spacial score (nSPS) is 16.1. The number of ether oxygens (including phenoxy) is 1. The lowest BCUT2D eigenvalue weighted by molar-refractivity contribution is 0.114. The minimum atomic E-state index is -0.677. The molecular formula is C25H36FIN4O2. The van der Waals surface area contributed by atoms with Crippen LogP contribution in [0.2, 0.25) is 0 Å². The van der Waals surface area contributed by atoms with E-state index >= 15 is 0 Å². The second-order valence-electron chi connectivity index (χ2n) is 8.32. The average Bonchev–Trinajstić information content (AvgIpc) is 2.79. The van der Waals surface area contributed by atoms with Crippen LogP contribution in [-0.4, -0.2) is 60.9 Å². The number of guanidine groups is 1. The van der Waals surface area contributed by atoms with Crippen molar-refractivity contribution in [1.29, 1.82) is 0 Å². The number of nitrogens with one attached hydrogen (secondary N) is 2. The van der Waals surface area contributed by atoms with Crippen LogP contribution in [0, 0.1) is 12.7 Å². The van der Waals surface area contributed by atoms with Crippen LogP contribution in [0.25, 0.3) is 0 Å². The summed E-state index contributed by atoms with van der Waals surface area (Å²) >= 11 is 0. The summed E-state index contributed by atoms with van der Waals surface area (Å²) in [4.78, 5) is 6.94. The third-order valence-corrected chi connectivity index (χ3v) is 5.48. The maximum Gasteiger partial charge on any atom is 0.191 e. The Morgan fingerprint density at radius 3 is 2.61 bits per heavy atom. The van der Waals surface area contributed by atoms with Crippen LogP contribution >= 0.6 is 24.0 Å². The number of rotatable bonds is 9. The predicted octanol–water partition coefficient (Wildman–Crippen LogP) is 3.71. The predicted molar refractivity (Wildman–Crippen MR) is 142 cm³/mol. The van der Waals surface area contributed by atoms with Crippen LogP contribution in [0.15, 0.2) is 53.5 Å². The molecule has 0 bridgehead atoms. The number of hydrogen-bond donors (Lipinski definition) is 3. The zero-order valence-corrected chi connectivity index (χ0v) is 21.8. The fourth-order valence-corrected chi connectivity index (χ4v) is 3.74. The Morgan fingerprint density at radius 1 is 1.21 bits per heavy atom. The van der Waals surface area contributed by atoms with Gasteiger partial charge in [-0.25, -0.2) is 4.39 Å². The molecule has 0 saturated carbocycles. The summed E-state index contributed by atoms with van der Waals surface area (Å²) in [7, 11) is 0. The Kier molecular flexibility index (Phi) is 11.9. The number of likely N-dealkylation sites (tertiary alicyclic amines) is 1. The van der Waals surface area contributed by atoms with E-state index in [9.17, 15) is 9.50 Å². The highest BCUT2D eigenvalue weighted by Gasteiger charge is 2.20. The van der Waals surface area contributed by atoms with Gasteiger partial charge in [-0.2, -0.15) is 0 Å². The molecule has 2 aromatic rings. The van der Waals surface area contributed by atoms with E-state index in [4.69, 9.17) is 4.74 Å². The molecule has 1 saturated heterocycles. The van der Waals surface area contributed by atoms with Crippen molar-refractivity contribution in [2.45, 2.75) is 45.4 Å². The maximum absolute atomic E-state index is 13.1. The van der Waals surface area contributed by atoms with Gasteiger partial charge >= 0.3 is 0 Å². The van der Waals surface area contributed by atoms with Crippen molar-refractivity contribution in [1.82, 2.24) is 15.5 Å². The first kappa shape index (κ1) is 27.3. The Balaban J connectivity index is 0.00000385. The zero-order chi connectivity index (χ0) is 22.8. The largest absolute Gasteiger partial charge is 0.491 e. The van der Waals surface area contributed by atoms with Gasteiger partial charge in [0.25, 0.3) is 0 Å². The van der Waals surface area contributed by atoms with E-state index in [0.29, 0.717) is 6.04 Å². The van der Waals surface area contributed by atoms with Gasteiger partial charge in [0, 0.05) is 32.2 Å². The molecule has 0 amide bonds. The molecule has 1 aliphatic heterocycles. The van der Waals surface area contributed by atoms with Gasteiger partial charge in [-0.15, -0.1) is 24.0 Å². The Hall–Kier alpha value is -1.91. The number of aliphatic imine (C=N–C) groups is 1. The summed E-state index contributed by atoms with van der Waals surface area (Å²) < 4.78 is 18.8. The summed E-state index contributed by atoms with van der Waals surface area (Å²) in [5, 5.41) is 17.0. The van der Waals surface area contributed by atoms with Crippen molar-refractivity contribution in [3.8, 4) is 5.75 Å². The van der Waals surface area contributed by atoms with Crippen LogP contribution in [0.4, 0.5) is 4.39 Å². The fraction of sp³-hybridized carbons (Fsp3) is 0.480. The van der Waals surface area contributed by atoms with E-state index in [1.807, 2.05) is 50.2 Å². The standard InChI is InChI=1S/C25H35FN4O2.HI/c1-3-27-25(28-16-23(31)18-32-24-6-4-5-19(2)15-24)29-22-11-13-30(14-12-22)17-20-7-9-21(26)10-8-20;/h4-10,15,22-23,31H,3,11-14,16-18H2,1-2H3,(H2,27,28,29);1H. The molecular weight excluding hydrogens is 534 g/mol. The summed E-state index contributed by atoms with van der Waals surface area (Å²) in [5.41, 5.74) is 2.26. The van der Waals surface area contributed by atoms with E-state index in [1.165, 1.54) is 12.1 Å². The van der Waals surface area contributed by atoms with Crippen LogP contribution in [-0.2, 0) is 6.54 Å². The smallest absolute Gasteiger partial charge is 0.191 e. The Labute approximate surface area is 213 Å². The van der Waals surface area contributed by atoms with Gasteiger partial charge < -0.3 is 20.5 Å². The van der Waals surface area contributed by atoms with Crippen molar-refractivity contribution >= 4 is 29.9 Å². The van der Waals surface area contributed by atoms with Gasteiger partial charge in [-0.3, -0.25) is 9.89 Å². The van der Waals surface area contributed by atoms with Gasteiger partial charge in [0.1, 0.15) is 24.3 Å². The number of piperidine rings is 1. The average molecular weight is 570 g/mol. The third kappa shape index (κ3) is 9.85. The summed E-state index contributed by atoms with van der Waals surface area (Å²) in [6.45, 7) is 8.05. The van der Waals surface area contributed by atoms with Crippen LogP contribution in [0.5, 0.6) is 5.75 Å². The first-order chi connectivity index (χ1) is 15.5. The molecule has 1 atom stereocenters. The second kappa shape index (κ2) is 14.4. The highest BCUT2D eigenvalue weighted by molar-refractivity contribution is 14.0. The molecule has 0 radical (unpaired) electrons. The van der Waals surface area contributed by atoms with Gasteiger partial charge in [0.15, 0.2) is 5.96 Å². The van der Waals surface area contributed by atoms with Crippen molar-refractivity contribution < 1.29 is 14.2 Å². The van der Waals surface area contributed by atoms with Gasteiger partial charge in [-0.05, 0) is 62.1 Å². The number of aryl methyl sites for hydroxylation is 1. The number of aliphatic hydroxyl groups is 1. The van der Waals surface area contributed by atoms with Crippen molar-refractivity contribution in [2.75, 3.05) is 32.8 Å². The summed E-state index contributed by atoms with van der Waals surface area (Å²) in [6.07, 6.45) is 1.33. The minimum absolute atomic E-state index is 0. The molecule has 3 rings (SSSR count). The molecule has 1 fully saturated rings. The van der Waals surface area contributed by atoms with Crippen LogP contribution < -0.4 is 15.4 Å². The van der Waals surface area contributed by atoms with Gasteiger partial charge in [0.05, 0.1) is 6.54 Å². The molecule has 8 heteroatoms. The van der Waals surface area contributed by atoms with E-state index in [0.717, 1.165) is 61.9 Å². The quantitative estimate of drug-likeness (QED) is 0.244. The van der Waals surface area contributed by atoms with Crippen molar-refractivity contribution in [3.05, 3.63) is 65.5 Å². The first-order valence-corrected chi connectivity index (χ1v) is 11.4. The number of hydrogen-bond acceptors (Lipinski definition) is 4. The monoisotopic (exact) mass is 570 g/mol. The molecule has 6 nitrogen and oxygen atoms in total. The summed E-state index contributed by atoms with van der Waals surface area (Å²) in [5.74, 6) is 1.28. The van der Waals surface area contributed by atoms with Crippen molar-refractivity contribution in [3.63, 3.8) is 0 Å². The molecule has 1 aliphatic rings. The third-order valence-electron chi connectivity index (χ3n) is 5.48. The zero-order valence-electron chi connectivity index (χ0n) is 19.5. The van der Waals surface area contributed by atoms with Crippen LogP contribution in [0.1, 0.15) is 30.9 Å². The number of halogens is 2. The molecule has 1 unspecified atom stereocenters. The molecule has 3 N–H and O–H groups in total. The van der Waals surface area contributed by atoms with E-state index in [2.05, 4.69) is 20.5 Å². The van der Waals surface area contributed by atoms with E-state index in [1.54, 1.807) is 0 Å². The Morgan fingerprint density at radius 2 is 1.94 bits per heavy atom. The SMILES string of the molecule is CCNC(=NCC(O)COc1cccc(C)c1)NC1CCN(Cc2ccc(F)cc2)CC1.I. The molecule has 0 spiro atoms. The lowest BCUT2D eigenvalue weighted by Crippen LogP contribution is -2.48. The highest BCUT2D eigenvalue weighted by Crippen LogP contribution is 2.15. The lowest BCUT2D eigenvalue weighted by Gasteiger charge is -2.33. The second-order valence-corrected chi connectivity index (χ2v) is 8.32. The lowest BCUT2D eigenvalue weighted by atomic mass is 10.0. The molecule has 2 aromatic carbocycles. The number of aliphatic hydroxyl groups excluding tert-OH is 1. The Bertz CT molecular complexity index is 858. The molecule has 0 aromatic heterocycles. The number of nitrogens with zero attached hydrogens (tertiary/aromatic N) is 2. The maximum atomic E-state index is 13.1. The molecule has 0 aliphatic carbocycles. The minimum Gasteiger partial charge on any atom is -0.491 e. The van der Waals surface area contributed by atoms with Gasteiger partial charge in [-0.1, -0.05) is 24.3 Å². The van der Waals surface area contributed by atoms with Gasteiger partial charge in [0.2, 0.25) is 0 Å². The molecule has 182 valence electrons. The summed E-state index contributed by atoms with van der Waals surface area (Å²) in [6, 6.07) is 14.8. The topological polar surface area (TPSA) is 69.1 Å². The number of benzene rings is 2. The van der Waals surface area contributed by atoms with E-state index < -0.39 is 6.10 Å². The highest BCUT2D eigenvalue weighted by atomic mass is 127. The fourth-order valence-electron chi connectivity index (χ4n) is 3.74. The van der Waals surface area contributed by atoms with Crippen LogP contribution in [0.3, 0.4) is 0 Å².